The van der Waals surface area contributed by atoms with Gasteiger partial charge in [0, 0.05) is 18.8 Å². The van der Waals surface area contributed by atoms with E-state index in [0.717, 1.165) is 18.5 Å². The molecule has 0 radical (unpaired) electrons. The van der Waals surface area contributed by atoms with Crippen molar-refractivity contribution in [1.82, 2.24) is 0 Å². The van der Waals surface area contributed by atoms with Crippen LogP contribution >= 0.6 is 0 Å². The van der Waals surface area contributed by atoms with Crippen LogP contribution in [0.3, 0.4) is 0 Å². The number of unbranched alkanes of at least 4 members (excludes halogenated alkanes) is 1. The minimum Gasteiger partial charge on any atom is -0.370 e. The average molecular weight is 286 g/mol. The molecule has 0 bridgehead atoms. The molecule has 0 amide bonds. The summed E-state index contributed by atoms with van der Waals surface area (Å²) in [5, 5.41) is 2.81. The number of hydrogen-bond donors (Lipinski definition) is 1. The molecule has 19 heavy (non-hydrogen) atoms. The Morgan fingerprint density at radius 1 is 1.21 bits per heavy atom. The summed E-state index contributed by atoms with van der Waals surface area (Å²) >= 11 is 0. The number of rotatable bonds is 8. The summed E-state index contributed by atoms with van der Waals surface area (Å²) in [6.45, 7) is 2.95. The zero-order chi connectivity index (χ0) is 14.3. The summed E-state index contributed by atoms with van der Waals surface area (Å²) in [7, 11) is -3.98. The standard InChI is InChI=1S/C12H18N2O4S/c1-2-3-8-14(9-10-19(16,17)18)12-6-4-11(13-15)5-7-12/h4-7H,2-3,8-10H2,1H3,(H,16,17,18). The van der Waals surface area contributed by atoms with Crippen LogP contribution in [0.5, 0.6) is 0 Å². The Labute approximate surface area is 113 Å². The molecule has 1 N–H and O–H groups in total. The number of benzene rings is 1. The maximum atomic E-state index is 10.8. The van der Waals surface area contributed by atoms with E-state index < -0.39 is 10.1 Å². The van der Waals surface area contributed by atoms with Crippen molar-refractivity contribution >= 4 is 21.5 Å². The Hall–Kier alpha value is -1.47. The molecule has 0 aliphatic rings. The Bertz CT molecular complexity index is 499. The van der Waals surface area contributed by atoms with Gasteiger partial charge in [0.15, 0.2) is 0 Å². The third kappa shape index (κ3) is 5.80. The molecule has 1 aromatic carbocycles. The highest BCUT2D eigenvalue weighted by molar-refractivity contribution is 7.85. The minimum atomic E-state index is -3.98. The second kappa shape index (κ2) is 7.20. The van der Waals surface area contributed by atoms with Crippen molar-refractivity contribution in [2.75, 3.05) is 23.7 Å². The average Bonchev–Trinajstić information content (AvgIpc) is 2.38. The summed E-state index contributed by atoms with van der Waals surface area (Å²) in [5.74, 6) is -0.315. The fourth-order valence-corrected chi connectivity index (χ4v) is 2.12. The highest BCUT2D eigenvalue weighted by Crippen LogP contribution is 2.20. The van der Waals surface area contributed by atoms with Gasteiger partial charge in [-0.2, -0.15) is 8.42 Å². The Kier molecular flexibility index (Phi) is 5.91. The van der Waals surface area contributed by atoms with Crippen LogP contribution in [0.2, 0.25) is 0 Å². The third-order valence-electron chi connectivity index (χ3n) is 2.72. The van der Waals surface area contributed by atoms with Gasteiger partial charge in [0.1, 0.15) is 5.69 Å². The number of nitroso groups, excluding NO2 is 1. The molecule has 0 saturated heterocycles. The SMILES string of the molecule is CCCCN(CCS(=O)(=O)O)c1ccc(N=O)cc1. The molecule has 1 rings (SSSR count). The first-order valence-corrected chi connectivity index (χ1v) is 7.70. The third-order valence-corrected chi connectivity index (χ3v) is 3.42. The van der Waals surface area contributed by atoms with Crippen LogP contribution in [0.25, 0.3) is 0 Å². The van der Waals surface area contributed by atoms with E-state index in [-0.39, 0.29) is 12.3 Å². The maximum absolute atomic E-state index is 10.8. The van der Waals surface area contributed by atoms with E-state index in [1.165, 1.54) is 0 Å². The van der Waals surface area contributed by atoms with Gasteiger partial charge in [0.05, 0.1) is 5.75 Å². The molecule has 0 atom stereocenters. The lowest BCUT2D eigenvalue weighted by Gasteiger charge is -2.24. The Morgan fingerprint density at radius 2 is 1.84 bits per heavy atom. The number of hydrogen-bond acceptors (Lipinski definition) is 5. The van der Waals surface area contributed by atoms with Crippen LogP contribution < -0.4 is 4.90 Å². The molecule has 1 aromatic rings. The largest absolute Gasteiger partial charge is 0.370 e. The highest BCUT2D eigenvalue weighted by Gasteiger charge is 2.11. The lowest BCUT2D eigenvalue weighted by Crippen LogP contribution is -2.30. The summed E-state index contributed by atoms with van der Waals surface area (Å²) in [5.41, 5.74) is 1.14. The van der Waals surface area contributed by atoms with Crippen LogP contribution in [-0.2, 0) is 10.1 Å². The molecule has 0 spiro atoms. The van der Waals surface area contributed by atoms with Gasteiger partial charge in [-0.3, -0.25) is 4.55 Å². The van der Waals surface area contributed by atoms with Crippen LogP contribution in [-0.4, -0.2) is 31.8 Å². The van der Waals surface area contributed by atoms with Crippen LogP contribution in [0.4, 0.5) is 11.4 Å². The van der Waals surface area contributed by atoms with Crippen molar-refractivity contribution < 1.29 is 13.0 Å². The second-order valence-corrected chi connectivity index (χ2v) is 5.81. The van der Waals surface area contributed by atoms with Crippen molar-refractivity contribution in [3.05, 3.63) is 29.2 Å². The van der Waals surface area contributed by atoms with Gasteiger partial charge in [-0.25, -0.2) is 0 Å². The number of anilines is 1. The van der Waals surface area contributed by atoms with Gasteiger partial charge < -0.3 is 4.90 Å². The van der Waals surface area contributed by atoms with Gasteiger partial charge in [-0.15, -0.1) is 4.91 Å². The van der Waals surface area contributed by atoms with E-state index in [0.29, 0.717) is 12.2 Å². The molecule has 0 saturated carbocycles. The van der Waals surface area contributed by atoms with Crippen molar-refractivity contribution in [3.8, 4) is 0 Å². The highest BCUT2D eigenvalue weighted by atomic mass is 32.2. The lowest BCUT2D eigenvalue weighted by atomic mass is 10.2. The molecule has 0 aromatic heterocycles. The summed E-state index contributed by atoms with van der Waals surface area (Å²) in [6, 6.07) is 6.59. The van der Waals surface area contributed by atoms with Crippen molar-refractivity contribution in [2.24, 2.45) is 5.18 Å². The molecule has 0 unspecified atom stereocenters. The molecule has 106 valence electrons. The summed E-state index contributed by atoms with van der Waals surface area (Å²) < 4.78 is 30.4. The van der Waals surface area contributed by atoms with Gasteiger partial charge in [0.2, 0.25) is 0 Å². The zero-order valence-corrected chi connectivity index (χ0v) is 11.6. The summed E-state index contributed by atoms with van der Waals surface area (Å²) in [6.07, 6.45) is 1.90. The molecular formula is C12H18N2O4S. The second-order valence-electron chi connectivity index (χ2n) is 4.23. The molecule has 0 aliphatic heterocycles. The number of nitrogens with zero attached hydrogens (tertiary/aromatic N) is 2. The van der Waals surface area contributed by atoms with Gasteiger partial charge in [-0.1, -0.05) is 13.3 Å². The van der Waals surface area contributed by atoms with Crippen molar-refractivity contribution in [1.29, 1.82) is 0 Å². The quantitative estimate of drug-likeness (QED) is 0.586. The molecule has 7 heteroatoms. The van der Waals surface area contributed by atoms with Crippen molar-refractivity contribution in [3.63, 3.8) is 0 Å². The van der Waals surface area contributed by atoms with Crippen LogP contribution in [0, 0.1) is 4.91 Å². The van der Waals surface area contributed by atoms with E-state index in [4.69, 9.17) is 4.55 Å². The Balaban J connectivity index is 2.79. The first kappa shape index (κ1) is 15.6. The molecule has 0 aliphatic carbocycles. The van der Waals surface area contributed by atoms with Crippen LogP contribution in [0.1, 0.15) is 19.8 Å². The maximum Gasteiger partial charge on any atom is 0.266 e. The van der Waals surface area contributed by atoms with E-state index in [9.17, 15) is 13.3 Å². The van der Waals surface area contributed by atoms with E-state index in [2.05, 4.69) is 5.18 Å². The first-order valence-electron chi connectivity index (χ1n) is 6.10. The first-order chi connectivity index (χ1) is 8.96. The molecule has 6 nitrogen and oxygen atoms in total. The Morgan fingerprint density at radius 3 is 2.32 bits per heavy atom. The minimum absolute atomic E-state index is 0.215. The monoisotopic (exact) mass is 286 g/mol. The molecular weight excluding hydrogens is 268 g/mol. The predicted molar refractivity (Wildman–Crippen MR) is 75.4 cm³/mol. The fraction of sp³-hybridized carbons (Fsp3) is 0.500. The van der Waals surface area contributed by atoms with Crippen molar-refractivity contribution in [2.45, 2.75) is 19.8 Å². The summed E-state index contributed by atoms with van der Waals surface area (Å²) in [4.78, 5) is 12.2. The van der Waals surface area contributed by atoms with E-state index >= 15 is 0 Å². The molecule has 0 heterocycles. The van der Waals surface area contributed by atoms with E-state index in [1.807, 2.05) is 11.8 Å². The smallest absolute Gasteiger partial charge is 0.266 e. The van der Waals surface area contributed by atoms with Gasteiger partial charge in [-0.05, 0) is 35.9 Å². The topological polar surface area (TPSA) is 87.0 Å². The van der Waals surface area contributed by atoms with Crippen LogP contribution in [0.15, 0.2) is 29.4 Å². The zero-order valence-electron chi connectivity index (χ0n) is 10.8. The van der Waals surface area contributed by atoms with Gasteiger partial charge >= 0.3 is 0 Å². The van der Waals surface area contributed by atoms with Gasteiger partial charge in [0.25, 0.3) is 10.1 Å². The molecule has 0 fully saturated rings. The van der Waals surface area contributed by atoms with E-state index in [1.54, 1.807) is 24.3 Å². The predicted octanol–water partition coefficient (Wildman–Crippen LogP) is 2.58. The fourth-order valence-electron chi connectivity index (χ4n) is 1.67. The lowest BCUT2D eigenvalue weighted by molar-refractivity contribution is 0.482. The normalized spacial score (nSPS) is 11.3.